The fraction of sp³-hybridized carbons (Fsp3) is 0.500. The van der Waals surface area contributed by atoms with Crippen LogP contribution in [0.15, 0.2) is 24.0 Å². The Morgan fingerprint density at radius 1 is 1.29 bits per heavy atom. The minimum Gasteiger partial charge on any atom is -0.350 e. The zero-order valence-electron chi connectivity index (χ0n) is 13.4. The van der Waals surface area contributed by atoms with Crippen LogP contribution in [0.5, 0.6) is 0 Å². The van der Waals surface area contributed by atoms with Crippen LogP contribution in [-0.4, -0.2) is 36.8 Å². The number of aromatic nitrogens is 5. The van der Waals surface area contributed by atoms with Gasteiger partial charge in [0.15, 0.2) is 10.7 Å². The van der Waals surface area contributed by atoms with Crippen molar-refractivity contribution in [3.8, 4) is 0 Å². The molecular formula is C16H20N6OS. The monoisotopic (exact) mass is 344 g/mol. The van der Waals surface area contributed by atoms with Crippen molar-refractivity contribution in [2.45, 2.75) is 44.6 Å². The third kappa shape index (κ3) is 3.19. The molecule has 1 fully saturated rings. The Morgan fingerprint density at radius 2 is 2.17 bits per heavy atom. The van der Waals surface area contributed by atoms with Crippen LogP contribution in [0, 0.1) is 0 Å². The number of hydrogen-bond donors (Lipinski definition) is 1. The van der Waals surface area contributed by atoms with E-state index in [-0.39, 0.29) is 5.91 Å². The van der Waals surface area contributed by atoms with E-state index >= 15 is 0 Å². The molecule has 3 aromatic heterocycles. The van der Waals surface area contributed by atoms with Crippen LogP contribution in [0.25, 0.3) is 4.96 Å². The van der Waals surface area contributed by atoms with E-state index in [0.29, 0.717) is 24.7 Å². The van der Waals surface area contributed by atoms with Gasteiger partial charge in [-0.25, -0.2) is 9.67 Å². The van der Waals surface area contributed by atoms with Crippen LogP contribution in [-0.2, 0) is 6.42 Å². The highest BCUT2D eigenvalue weighted by Gasteiger charge is 2.18. The van der Waals surface area contributed by atoms with Crippen LogP contribution in [0.4, 0.5) is 0 Å². The van der Waals surface area contributed by atoms with Crippen molar-refractivity contribution in [2.24, 2.45) is 0 Å². The quantitative estimate of drug-likeness (QED) is 0.771. The van der Waals surface area contributed by atoms with Crippen LogP contribution >= 0.6 is 11.3 Å². The Bertz CT molecular complexity index is 800. The van der Waals surface area contributed by atoms with Gasteiger partial charge in [-0.1, -0.05) is 24.5 Å². The van der Waals surface area contributed by atoms with E-state index in [2.05, 4.69) is 20.6 Å². The van der Waals surface area contributed by atoms with Gasteiger partial charge in [-0.05, 0) is 12.8 Å². The maximum atomic E-state index is 12.2. The van der Waals surface area contributed by atoms with Gasteiger partial charge in [0.25, 0.3) is 5.91 Å². The minimum absolute atomic E-state index is 0.168. The number of rotatable bonds is 5. The SMILES string of the molecule is O=C(NCCc1cn2ccsc2n1)c1cn(C2CCCCC2)nn1. The summed E-state index contributed by atoms with van der Waals surface area (Å²) in [5, 5.41) is 13.1. The van der Waals surface area contributed by atoms with Crippen molar-refractivity contribution in [2.75, 3.05) is 6.54 Å². The van der Waals surface area contributed by atoms with E-state index in [1.165, 1.54) is 19.3 Å². The summed E-state index contributed by atoms with van der Waals surface area (Å²) >= 11 is 1.60. The molecule has 8 heteroatoms. The zero-order valence-corrected chi connectivity index (χ0v) is 14.2. The summed E-state index contributed by atoms with van der Waals surface area (Å²) < 4.78 is 3.86. The molecule has 0 spiro atoms. The van der Waals surface area contributed by atoms with Gasteiger partial charge in [-0.15, -0.1) is 16.4 Å². The van der Waals surface area contributed by atoms with Crippen LogP contribution < -0.4 is 5.32 Å². The molecule has 126 valence electrons. The third-order valence-electron chi connectivity index (χ3n) is 4.50. The van der Waals surface area contributed by atoms with Crippen molar-refractivity contribution in [3.05, 3.63) is 35.4 Å². The van der Waals surface area contributed by atoms with Crippen molar-refractivity contribution >= 4 is 22.2 Å². The third-order valence-corrected chi connectivity index (χ3v) is 5.27. The molecule has 0 radical (unpaired) electrons. The molecule has 0 unspecified atom stereocenters. The normalized spacial score (nSPS) is 15.8. The summed E-state index contributed by atoms with van der Waals surface area (Å²) in [5.41, 5.74) is 1.37. The molecule has 1 saturated carbocycles. The molecule has 1 N–H and O–H groups in total. The van der Waals surface area contributed by atoms with Gasteiger partial charge in [-0.2, -0.15) is 0 Å². The van der Waals surface area contributed by atoms with E-state index in [1.807, 2.05) is 26.9 Å². The Kier molecular flexibility index (Phi) is 4.29. The summed E-state index contributed by atoms with van der Waals surface area (Å²) in [6.45, 7) is 0.542. The van der Waals surface area contributed by atoms with Crippen molar-refractivity contribution in [1.29, 1.82) is 0 Å². The smallest absolute Gasteiger partial charge is 0.273 e. The number of thiazole rings is 1. The lowest BCUT2D eigenvalue weighted by Gasteiger charge is -2.20. The maximum absolute atomic E-state index is 12.2. The van der Waals surface area contributed by atoms with E-state index in [1.54, 1.807) is 17.5 Å². The molecule has 0 saturated heterocycles. The van der Waals surface area contributed by atoms with E-state index in [0.717, 1.165) is 23.5 Å². The average molecular weight is 344 g/mol. The molecule has 1 aliphatic rings. The van der Waals surface area contributed by atoms with Crippen molar-refractivity contribution in [1.82, 2.24) is 29.7 Å². The predicted octanol–water partition coefficient (Wildman–Crippen LogP) is 2.47. The number of carbonyl (C=O) groups is 1. The lowest BCUT2D eigenvalue weighted by molar-refractivity contribution is 0.0949. The maximum Gasteiger partial charge on any atom is 0.273 e. The highest BCUT2D eigenvalue weighted by Crippen LogP contribution is 2.27. The molecule has 24 heavy (non-hydrogen) atoms. The molecule has 3 heterocycles. The number of carbonyl (C=O) groups excluding carboxylic acids is 1. The minimum atomic E-state index is -0.168. The number of nitrogens with one attached hydrogen (secondary N) is 1. The Hall–Kier alpha value is -2.22. The summed E-state index contributed by atoms with van der Waals surface area (Å²) in [6.07, 6.45) is 12.5. The van der Waals surface area contributed by atoms with Crippen LogP contribution in [0.3, 0.4) is 0 Å². The van der Waals surface area contributed by atoms with Gasteiger partial charge in [0.2, 0.25) is 0 Å². The molecular weight excluding hydrogens is 324 g/mol. The molecule has 0 aliphatic heterocycles. The second kappa shape index (κ2) is 6.72. The molecule has 0 bridgehead atoms. The topological polar surface area (TPSA) is 77.1 Å². The average Bonchev–Trinajstić information content (AvgIpc) is 3.31. The van der Waals surface area contributed by atoms with Crippen molar-refractivity contribution in [3.63, 3.8) is 0 Å². The van der Waals surface area contributed by atoms with Gasteiger partial charge in [-0.3, -0.25) is 9.20 Å². The van der Waals surface area contributed by atoms with E-state index < -0.39 is 0 Å². The summed E-state index contributed by atoms with van der Waals surface area (Å²) in [6, 6.07) is 0.395. The second-order valence-corrected chi connectivity index (χ2v) is 7.08. The highest BCUT2D eigenvalue weighted by molar-refractivity contribution is 7.15. The summed E-state index contributed by atoms with van der Waals surface area (Å²) in [4.78, 5) is 17.7. The molecule has 7 nitrogen and oxygen atoms in total. The first-order valence-corrected chi connectivity index (χ1v) is 9.29. The van der Waals surface area contributed by atoms with Crippen LogP contribution in [0.2, 0.25) is 0 Å². The summed E-state index contributed by atoms with van der Waals surface area (Å²) in [5.74, 6) is -0.168. The second-order valence-electron chi connectivity index (χ2n) is 6.21. The Labute approximate surface area is 143 Å². The highest BCUT2D eigenvalue weighted by atomic mass is 32.1. The molecule has 3 aromatic rings. The number of imidazole rings is 1. The number of fused-ring (bicyclic) bond motifs is 1. The molecule has 1 amide bonds. The fourth-order valence-electron chi connectivity index (χ4n) is 3.20. The van der Waals surface area contributed by atoms with Gasteiger partial charge in [0.1, 0.15) is 0 Å². The first-order chi connectivity index (χ1) is 11.8. The molecule has 0 atom stereocenters. The number of amides is 1. The first-order valence-electron chi connectivity index (χ1n) is 8.41. The zero-order chi connectivity index (χ0) is 16.4. The fourth-order valence-corrected chi connectivity index (χ4v) is 3.91. The van der Waals surface area contributed by atoms with Gasteiger partial charge in [0, 0.05) is 30.7 Å². The largest absolute Gasteiger partial charge is 0.350 e. The standard InChI is InChI=1S/C16H20N6OS/c23-15(14-11-22(20-19-14)13-4-2-1-3-5-13)17-7-6-12-10-21-8-9-24-16(21)18-12/h8-11,13H,1-7H2,(H,17,23). The van der Waals surface area contributed by atoms with Gasteiger partial charge >= 0.3 is 0 Å². The first kappa shape index (κ1) is 15.3. The molecule has 4 rings (SSSR count). The molecule has 0 aromatic carbocycles. The summed E-state index contributed by atoms with van der Waals surface area (Å²) in [7, 11) is 0. The van der Waals surface area contributed by atoms with Crippen molar-refractivity contribution < 1.29 is 4.79 Å². The lowest BCUT2D eigenvalue weighted by atomic mass is 9.96. The van der Waals surface area contributed by atoms with E-state index in [9.17, 15) is 4.79 Å². The van der Waals surface area contributed by atoms with E-state index in [4.69, 9.17) is 0 Å². The van der Waals surface area contributed by atoms with Crippen LogP contribution in [0.1, 0.15) is 54.3 Å². The Balaban J connectivity index is 1.31. The van der Waals surface area contributed by atoms with Gasteiger partial charge in [0.05, 0.1) is 17.9 Å². The molecule has 1 aliphatic carbocycles. The predicted molar refractivity (Wildman–Crippen MR) is 91.3 cm³/mol. The van der Waals surface area contributed by atoms with Gasteiger partial charge < -0.3 is 5.32 Å². The number of nitrogens with zero attached hydrogens (tertiary/aromatic N) is 5. The number of hydrogen-bond acceptors (Lipinski definition) is 5. The Morgan fingerprint density at radius 3 is 3.00 bits per heavy atom. The lowest BCUT2D eigenvalue weighted by Crippen LogP contribution is -2.26.